The minimum atomic E-state index is 0.542. The SMILES string of the molecule is CC1CCc2cccc(OCC3CCOCC3)c2N1. The minimum absolute atomic E-state index is 0.542. The molecule has 3 rings (SSSR count). The Labute approximate surface area is 115 Å². The van der Waals surface area contributed by atoms with Crippen molar-refractivity contribution in [1.82, 2.24) is 0 Å². The van der Waals surface area contributed by atoms with Crippen molar-refractivity contribution in [2.24, 2.45) is 5.92 Å². The summed E-state index contributed by atoms with van der Waals surface area (Å²) in [5.74, 6) is 1.67. The van der Waals surface area contributed by atoms with E-state index in [2.05, 4.69) is 30.4 Å². The summed E-state index contributed by atoms with van der Waals surface area (Å²) in [4.78, 5) is 0. The first-order chi connectivity index (χ1) is 9.33. The largest absolute Gasteiger partial charge is 0.491 e. The number of benzene rings is 1. The maximum absolute atomic E-state index is 6.07. The van der Waals surface area contributed by atoms with E-state index in [0.717, 1.165) is 44.8 Å². The molecule has 1 atom stereocenters. The van der Waals surface area contributed by atoms with Gasteiger partial charge in [-0.3, -0.25) is 0 Å². The normalized spacial score (nSPS) is 23.5. The summed E-state index contributed by atoms with van der Waals surface area (Å²) in [7, 11) is 0. The Morgan fingerprint density at radius 2 is 2.11 bits per heavy atom. The van der Waals surface area contributed by atoms with Crippen molar-refractivity contribution in [3.63, 3.8) is 0 Å². The molecule has 1 unspecified atom stereocenters. The molecule has 1 N–H and O–H groups in total. The molecule has 1 aromatic rings. The number of hydrogen-bond acceptors (Lipinski definition) is 3. The summed E-state index contributed by atoms with van der Waals surface area (Å²) >= 11 is 0. The maximum atomic E-state index is 6.07. The standard InChI is InChI=1S/C16H23NO2/c1-12-5-6-14-3-2-4-15(16(14)17-12)19-11-13-7-9-18-10-8-13/h2-4,12-13,17H,5-11H2,1H3. The van der Waals surface area contributed by atoms with E-state index in [0.29, 0.717) is 12.0 Å². The van der Waals surface area contributed by atoms with E-state index in [4.69, 9.17) is 9.47 Å². The molecule has 0 radical (unpaired) electrons. The molecule has 104 valence electrons. The zero-order valence-electron chi connectivity index (χ0n) is 11.7. The highest BCUT2D eigenvalue weighted by Crippen LogP contribution is 2.34. The number of para-hydroxylation sites is 1. The summed E-state index contributed by atoms with van der Waals surface area (Å²) in [6.45, 7) is 4.82. The molecule has 0 spiro atoms. The predicted octanol–water partition coefficient (Wildman–Crippen LogP) is 3.24. The van der Waals surface area contributed by atoms with E-state index in [-0.39, 0.29) is 0 Å². The maximum Gasteiger partial charge on any atom is 0.142 e. The van der Waals surface area contributed by atoms with Crippen molar-refractivity contribution in [3.8, 4) is 5.75 Å². The van der Waals surface area contributed by atoms with E-state index in [9.17, 15) is 0 Å². The first kappa shape index (κ1) is 12.8. The summed E-state index contributed by atoms with van der Waals surface area (Å²) in [6.07, 6.45) is 4.60. The molecule has 0 aliphatic carbocycles. The Bertz CT molecular complexity index is 427. The molecule has 2 aliphatic heterocycles. The van der Waals surface area contributed by atoms with Crippen LogP contribution < -0.4 is 10.1 Å². The average Bonchev–Trinajstić information content (AvgIpc) is 2.46. The number of anilines is 1. The van der Waals surface area contributed by atoms with Gasteiger partial charge in [0.2, 0.25) is 0 Å². The summed E-state index contributed by atoms with van der Waals surface area (Å²) in [5, 5.41) is 3.57. The lowest BCUT2D eigenvalue weighted by Gasteiger charge is -2.27. The number of hydrogen-bond donors (Lipinski definition) is 1. The summed E-state index contributed by atoms with van der Waals surface area (Å²) < 4.78 is 11.5. The van der Waals surface area contributed by atoms with Crippen LogP contribution in [0, 0.1) is 5.92 Å². The fourth-order valence-corrected chi connectivity index (χ4v) is 2.88. The molecular formula is C16H23NO2. The molecule has 3 nitrogen and oxygen atoms in total. The van der Waals surface area contributed by atoms with Crippen LogP contribution in [0.3, 0.4) is 0 Å². The molecule has 1 aromatic carbocycles. The highest BCUT2D eigenvalue weighted by atomic mass is 16.5. The fraction of sp³-hybridized carbons (Fsp3) is 0.625. The zero-order chi connectivity index (χ0) is 13.1. The molecule has 19 heavy (non-hydrogen) atoms. The lowest BCUT2D eigenvalue weighted by atomic mass is 9.98. The van der Waals surface area contributed by atoms with Gasteiger partial charge in [-0.25, -0.2) is 0 Å². The molecule has 2 aliphatic rings. The second kappa shape index (κ2) is 5.83. The van der Waals surface area contributed by atoms with Crippen molar-refractivity contribution >= 4 is 5.69 Å². The first-order valence-electron chi connectivity index (χ1n) is 7.42. The van der Waals surface area contributed by atoms with Crippen LogP contribution in [0.1, 0.15) is 31.7 Å². The van der Waals surface area contributed by atoms with Gasteiger partial charge in [0, 0.05) is 19.3 Å². The molecular weight excluding hydrogens is 238 g/mol. The molecule has 0 bridgehead atoms. The third-order valence-corrected chi connectivity index (χ3v) is 4.17. The minimum Gasteiger partial charge on any atom is -0.491 e. The average molecular weight is 261 g/mol. The first-order valence-corrected chi connectivity index (χ1v) is 7.42. The number of rotatable bonds is 3. The molecule has 1 saturated heterocycles. The number of nitrogens with one attached hydrogen (secondary N) is 1. The third kappa shape index (κ3) is 3.03. The van der Waals surface area contributed by atoms with Crippen LogP contribution in [0.5, 0.6) is 5.75 Å². The lowest BCUT2D eigenvalue weighted by molar-refractivity contribution is 0.0498. The Kier molecular flexibility index (Phi) is 3.92. The zero-order valence-corrected chi connectivity index (χ0v) is 11.7. The van der Waals surface area contributed by atoms with Crippen molar-refractivity contribution < 1.29 is 9.47 Å². The van der Waals surface area contributed by atoms with E-state index in [1.165, 1.54) is 17.7 Å². The summed E-state index contributed by atoms with van der Waals surface area (Å²) in [6, 6.07) is 6.94. The van der Waals surface area contributed by atoms with Gasteiger partial charge < -0.3 is 14.8 Å². The van der Waals surface area contributed by atoms with Crippen LogP contribution in [-0.2, 0) is 11.2 Å². The Balaban J connectivity index is 1.67. The number of aryl methyl sites for hydroxylation is 1. The molecule has 0 saturated carbocycles. The van der Waals surface area contributed by atoms with Crippen molar-refractivity contribution in [1.29, 1.82) is 0 Å². The monoisotopic (exact) mass is 261 g/mol. The van der Waals surface area contributed by atoms with Gasteiger partial charge in [0.25, 0.3) is 0 Å². The van der Waals surface area contributed by atoms with Crippen LogP contribution in [0.15, 0.2) is 18.2 Å². The van der Waals surface area contributed by atoms with Gasteiger partial charge in [-0.2, -0.15) is 0 Å². The van der Waals surface area contributed by atoms with E-state index in [1.54, 1.807) is 0 Å². The quantitative estimate of drug-likeness (QED) is 0.906. The van der Waals surface area contributed by atoms with E-state index < -0.39 is 0 Å². The van der Waals surface area contributed by atoms with Crippen LogP contribution in [-0.4, -0.2) is 25.9 Å². The van der Waals surface area contributed by atoms with E-state index >= 15 is 0 Å². The molecule has 3 heteroatoms. The van der Waals surface area contributed by atoms with Crippen LogP contribution in [0.2, 0.25) is 0 Å². The summed E-state index contributed by atoms with van der Waals surface area (Å²) in [5.41, 5.74) is 2.61. The van der Waals surface area contributed by atoms with Gasteiger partial charge >= 0.3 is 0 Å². The van der Waals surface area contributed by atoms with Crippen molar-refractivity contribution in [2.75, 3.05) is 25.1 Å². The van der Waals surface area contributed by atoms with Crippen molar-refractivity contribution in [3.05, 3.63) is 23.8 Å². The van der Waals surface area contributed by atoms with E-state index in [1.807, 2.05) is 0 Å². The lowest BCUT2D eigenvalue weighted by Crippen LogP contribution is -2.24. The highest BCUT2D eigenvalue weighted by molar-refractivity contribution is 5.63. The van der Waals surface area contributed by atoms with Gasteiger partial charge in [0.15, 0.2) is 0 Å². The van der Waals surface area contributed by atoms with Gasteiger partial charge in [-0.1, -0.05) is 12.1 Å². The second-order valence-electron chi connectivity index (χ2n) is 5.74. The molecule has 1 fully saturated rings. The van der Waals surface area contributed by atoms with Gasteiger partial charge in [-0.05, 0) is 50.2 Å². The van der Waals surface area contributed by atoms with Crippen LogP contribution in [0.4, 0.5) is 5.69 Å². The molecule has 2 heterocycles. The van der Waals surface area contributed by atoms with Crippen LogP contribution in [0.25, 0.3) is 0 Å². The fourth-order valence-electron chi connectivity index (χ4n) is 2.88. The number of fused-ring (bicyclic) bond motifs is 1. The Morgan fingerprint density at radius 1 is 1.26 bits per heavy atom. The molecule has 0 amide bonds. The van der Waals surface area contributed by atoms with Gasteiger partial charge in [0.1, 0.15) is 5.75 Å². The Morgan fingerprint density at radius 3 is 2.95 bits per heavy atom. The predicted molar refractivity (Wildman–Crippen MR) is 76.9 cm³/mol. The smallest absolute Gasteiger partial charge is 0.142 e. The van der Waals surface area contributed by atoms with Gasteiger partial charge in [-0.15, -0.1) is 0 Å². The van der Waals surface area contributed by atoms with Crippen molar-refractivity contribution in [2.45, 2.75) is 38.6 Å². The highest BCUT2D eigenvalue weighted by Gasteiger charge is 2.19. The third-order valence-electron chi connectivity index (χ3n) is 4.17. The second-order valence-corrected chi connectivity index (χ2v) is 5.74. The van der Waals surface area contributed by atoms with Crippen LogP contribution >= 0.6 is 0 Å². The number of ether oxygens (including phenoxy) is 2. The van der Waals surface area contributed by atoms with Gasteiger partial charge in [0.05, 0.1) is 12.3 Å². The topological polar surface area (TPSA) is 30.5 Å². The Hall–Kier alpha value is -1.22. The molecule has 0 aromatic heterocycles.